The van der Waals surface area contributed by atoms with Crippen LogP contribution in [0.3, 0.4) is 0 Å². The number of hydrogen-bond acceptors (Lipinski definition) is 9. The number of para-hydroxylation sites is 1. The van der Waals surface area contributed by atoms with Gasteiger partial charge in [-0.05, 0) is 63.2 Å². The molecule has 2 aliphatic heterocycles. The molecule has 1 atom stereocenters. The van der Waals surface area contributed by atoms with Crippen LogP contribution in [0.25, 0.3) is 17.3 Å². The van der Waals surface area contributed by atoms with E-state index in [1.54, 1.807) is 12.1 Å². The third kappa shape index (κ3) is 5.19. The van der Waals surface area contributed by atoms with Crippen LogP contribution in [0.15, 0.2) is 48.7 Å². The normalized spacial score (nSPS) is 19.1. The highest BCUT2D eigenvalue weighted by atomic mass is 16.3. The van der Waals surface area contributed by atoms with Crippen LogP contribution in [0.5, 0.6) is 5.75 Å². The molecule has 9 nitrogen and oxygen atoms in total. The average Bonchev–Trinajstić information content (AvgIpc) is 3.03. The highest BCUT2D eigenvalue weighted by Gasteiger charge is 2.24. The zero-order chi connectivity index (χ0) is 24.2. The van der Waals surface area contributed by atoms with Gasteiger partial charge in [-0.25, -0.2) is 9.97 Å². The maximum absolute atomic E-state index is 10.3. The van der Waals surface area contributed by atoms with Gasteiger partial charge in [0.05, 0.1) is 11.4 Å². The number of rotatable bonds is 6. The van der Waals surface area contributed by atoms with Crippen LogP contribution in [-0.4, -0.2) is 75.5 Å². The van der Waals surface area contributed by atoms with Crippen molar-refractivity contribution in [2.24, 2.45) is 0 Å². The Labute approximate surface area is 205 Å². The lowest BCUT2D eigenvalue weighted by Gasteiger charge is -2.29. The molecule has 1 unspecified atom stereocenters. The maximum Gasteiger partial charge on any atom is 0.169 e. The number of nitrogens with two attached hydrogens (primary N) is 1. The molecule has 5 rings (SSSR count). The van der Waals surface area contributed by atoms with Gasteiger partial charge in [-0.3, -0.25) is 4.90 Å². The van der Waals surface area contributed by atoms with Gasteiger partial charge in [-0.2, -0.15) is 0 Å². The van der Waals surface area contributed by atoms with Gasteiger partial charge >= 0.3 is 0 Å². The molecule has 2 fully saturated rings. The second kappa shape index (κ2) is 10.3. The Morgan fingerprint density at radius 2 is 1.94 bits per heavy atom. The van der Waals surface area contributed by atoms with Crippen molar-refractivity contribution in [3.8, 4) is 17.0 Å². The van der Waals surface area contributed by atoms with Gasteiger partial charge in [0, 0.05) is 44.0 Å². The van der Waals surface area contributed by atoms with Crippen molar-refractivity contribution in [3.05, 3.63) is 54.5 Å². The number of aromatic nitrogens is 4. The van der Waals surface area contributed by atoms with Crippen molar-refractivity contribution in [2.75, 3.05) is 54.8 Å². The molecule has 1 aromatic carbocycles. The SMILES string of the molecule is CC1CCN(c2cc(-c3ccccc3O)nnc2N)CCN1c1ccnc(/C=C/CN2CCC2)n1. The minimum absolute atomic E-state index is 0.173. The molecule has 182 valence electrons. The predicted octanol–water partition coefficient (Wildman–Crippen LogP) is 3.05. The van der Waals surface area contributed by atoms with Crippen molar-refractivity contribution < 1.29 is 5.11 Å². The first-order valence-corrected chi connectivity index (χ1v) is 12.2. The molecule has 0 aliphatic carbocycles. The first kappa shape index (κ1) is 23.0. The van der Waals surface area contributed by atoms with Gasteiger partial charge in [-0.15, -0.1) is 10.2 Å². The Hall–Kier alpha value is -3.72. The Bertz CT molecular complexity index is 1200. The zero-order valence-corrected chi connectivity index (χ0v) is 20.1. The Kier molecular flexibility index (Phi) is 6.76. The molecular weight excluding hydrogens is 440 g/mol. The number of likely N-dealkylation sites (tertiary alicyclic amines) is 1. The van der Waals surface area contributed by atoms with Crippen molar-refractivity contribution in [3.63, 3.8) is 0 Å². The van der Waals surface area contributed by atoms with E-state index >= 15 is 0 Å². The van der Waals surface area contributed by atoms with Crippen LogP contribution < -0.4 is 15.5 Å². The fraction of sp³-hybridized carbons (Fsp3) is 0.385. The van der Waals surface area contributed by atoms with Crippen LogP contribution >= 0.6 is 0 Å². The van der Waals surface area contributed by atoms with Gasteiger partial charge in [-0.1, -0.05) is 18.2 Å². The third-order valence-electron chi connectivity index (χ3n) is 6.81. The van der Waals surface area contributed by atoms with E-state index in [4.69, 9.17) is 10.7 Å². The lowest BCUT2D eigenvalue weighted by Crippen LogP contribution is -2.36. The molecule has 2 saturated heterocycles. The molecule has 2 aliphatic rings. The average molecular weight is 473 g/mol. The second-order valence-corrected chi connectivity index (χ2v) is 9.16. The van der Waals surface area contributed by atoms with Gasteiger partial charge in [0.15, 0.2) is 11.6 Å². The largest absolute Gasteiger partial charge is 0.507 e. The number of nitrogen functional groups attached to an aromatic ring is 1. The van der Waals surface area contributed by atoms with E-state index in [1.165, 1.54) is 19.5 Å². The van der Waals surface area contributed by atoms with Crippen LogP contribution in [-0.2, 0) is 0 Å². The summed E-state index contributed by atoms with van der Waals surface area (Å²) in [5, 5.41) is 18.7. The number of aromatic hydroxyl groups is 1. The van der Waals surface area contributed by atoms with E-state index in [0.29, 0.717) is 23.1 Å². The molecule has 3 aromatic rings. The molecule has 0 radical (unpaired) electrons. The first-order valence-electron chi connectivity index (χ1n) is 12.2. The van der Waals surface area contributed by atoms with Gasteiger partial charge in [0.1, 0.15) is 11.6 Å². The van der Waals surface area contributed by atoms with Crippen molar-refractivity contribution >= 4 is 23.4 Å². The highest BCUT2D eigenvalue weighted by Crippen LogP contribution is 2.32. The third-order valence-corrected chi connectivity index (χ3v) is 6.81. The van der Waals surface area contributed by atoms with Crippen LogP contribution in [0.4, 0.5) is 17.3 Å². The number of phenols is 1. The monoisotopic (exact) mass is 472 g/mol. The molecule has 0 saturated carbocycles. The summed E-state index contributed by atoms with van der Waals surface area (Å²) in [7, 11) is 0. The Balaban J connectivity index is 1.32. The summed E-state index contributed by atoms with van der Waals surface area (Å²) < 4.78 is 0. The Morgan fingerprint density at radius 3 is 2.74 bits per heavy atom. The number of anilines is 3. The van der Waals surface area contributed by atoms with Crippen LogP contribution in [0.2, 0.25) is 0 Å². The summed E-state index contributed by atoms with van der Waals surface area (Å²) in [5.41, 5.74) is 8.33. The van der Waals surface area contributed by atoms with E-state index in [-0.39, 0.29) is 5.75 Å². The van der Waals surface area contributed by atoms with Crippen molar-refractivity contribution in [2.45, 2.75) is 25.8 Å². The molecule has 0 amide bonds. The number of nitrogens with zero attached hydrogens (tertiary/aromatic N) is 7. The summed E-state index contributed by atoms with van der Waals surface area (Å²) in [6.07, 6.45) is 8.23. The van der Waals surface area contributed by atoms with E-state index in [0.717, 1.165) is 49.9 Å². The van der Waals surface area contributed by atoms with Crippen molar-refractivity contribution in [1.29, 1.82) is 0 Å². The fourth-order valence-corrected chi connectivity index (χ4v) is 4.58. The summed E-state index contributed by atoms with van der Waals surface area (Å²) in [6.45, 7) is 7.94. The van der Waals surface area contributed by atoms with E-state index < -0.39 is 0 Å². The molecular formula is C26H32N8O. The minimum atomic E-state index is 0.173. The molecule has 9 heteroatoms. The summed E-state index contributed by atoms with van der Waals surface area (Å²) in [4.78, 5) is 16.2. The summed E-state index contributed by atoms with van der Waals surface area (Å²) >= 11 is 0. The number of phenolic OH excluding ortho intramolecular Hbond substituents is 1. The molecule has 0 spiro atoms. The highest BCUT2D eigenvalue weighted by molar-refractivity contribution is 5.74. The zero-order valence-electron chi connectivity index (χ0n) is 20.1. The molecule has 3 N–H and O–H groups in total. The Morgan fingerprint density at radius 1 is 1.09 bits per heavy atom. The van der Waals surface area contributed by atoms with E-state index in [1.807, 2.05) is 36.5 Å². The van der Waals surface area contributed by atoms with Crippen LogP contribution in [0.1, 0.15) is 25.6 Å². The maximum atomic E-state index is 10.3. The van der Waals surface area contributed by atoms with Gasteiger partial charge in [0.25, 0.3) is 0 Å². The minimum Gasteiger partial charge on any atom is -0.507 e. The predicted molar refractivity (Wildman–Crippen MR) is 139 cm³/mol. The van der Waals surface area contributed by atoms with Crippen molar-refractivity contribution in [1.82, 2.24) is 25.1 Å². The van der Waals surface area contributed by atoms with Gasteiger partial charge < -0.3 is 20.6 Å². The fourth-order valence-electron chi connectivity index (χ4n) is 4.58. The molecule has 2 aromatic heterocycles. The lowest BCUT2D eigenvalue weighted by atomic mass is 10.1. The van der Waals surface area contributed by atoms with Crippen LogP contribution in [0, 0.1) is 0 Å². The first-order chi connectivity index (χ1) is 17.1. The van der Waals surface area contributed by atoms with E-state index in [9.17, 15) is 5.11 Å². The van der Waals surface area contributed by atoms with Gasteiger partial charge in [0.2, 0.25) is 0 Å². The summed E-state index contributed by atoms with van der Waals surface area (Å²) in [6, 6.07) is 11.3. The second-order valence-electron chi connectivity index (χ2n) is 9.16. The smallest absolute Gasteiger partial charge is 0.169 e. The molecule has 4 heterocycles. The van der Waals surface area contributed by atoms with E-state index in [2.05, 4.69) is 42.9 Å². The number of benzene rings is 1. The quantitative estimate of drug-likeness (QED) is 0.560. The standard InChI is InChI=1S/C26H32N8O/c1-19-10-15-33(22-18-21(30-31-26(22)27)20-6-2-3-7-23(20)35)16-17-34(19)25-9-11-28-24(29-25)8-4-12-32-13-5-14-32/h2-4,6-9,11,18-19,35H,5,10,12-17H2,1H3,(H2,27,31)/b8-4+. The molecule has 35 heavy (non-hydrogen) atoms. The molecule has 0 bridgehead atoms. The lowest BCUT2D eigenvalue weighted by molar-refractivity contribution is 0.203. The number of hydrogen-bond donors (Lipinski definition) is 2. The topological polar surface area (TPSA) is 108 Å². The summed E-state index contributed by atoms with van der Waals surface area (Å²) in [5.74, 6) is 2.24.